The minimum atomic E-state index is -0.121. The summed E-state index contributed by atoms with van der Waals surface area (Å²) in [6.07, 6.45) is 9.38. The Kier molecular flexibility index (Phi) is 2.64. The van der Waals surface area contributed by atoms with Crippen LogP contribution in [0.3, 0.4) is 0 Å². The largest absolute Gasteiger partial charge is 0.295 e. The van der Waals surface area contributed by atoms with Crippen LogP contribution in [0.15, 0.2) is 23.8 Å². The monoisotopic (exact) mass is 258 g/mol. The number of carbonyl (C=O) groups excluding carboxylic acids is 2. The Morgan fingerprint density at radius 3 is 2.47 bits per heavy atom. The molecule has 0 aromatic heterocycles. The molecule has 2 nitrogen and oxygen atoms in total. The van der Waals surface area contributed by atoms with Crippen molar-refractivity contribution in [1.82, 2.24) is 0 Å². The van der Waals surface area contributed by atoms with E-state index < -0.39 is 0 Å². The highest BCUT2D eigenvalue weighted by Gasteiger charge is 2.54. The third kappa shape index (κ3) is 1.69. The molecule has 0 unspecified atom stereocenters. The fourth-order valence-corrected chi connectivity index (χ4v) is 4.78. The van der Waals surface area contributed by atoms with Crippen LogP contribution in [0.4, 0.5) is 0 Å². The maximum Gasteiger partial charge on any atom is 0.160 e. The molecule has 0 radical (unpaired) electrons. The van der Waals surface area contributed by atoms with Gasteiger partial charge < -0.3 is 0 Å². The van der Waals surface area contributed by atoms with Gasteiger partial charge in [-0.3, -0.25) is 9.59 Å². The van der Waals surface area contributed by atoms with Crippen molar-refractivity contribution in [2.45, 2.75) is 46.5 Å². The number of rotatable bonds is 0. The van der Waals surface area contributed by atoms with E-state index in [1.807, 2.05) is 0 Å². The minimum absolute atomic E-state index is 0.109. The average molecular weight is 258 g/mol. The van der Waals surface area contributed by atoms with Gasteiger partial charge in [-0.2, -0.15) is 0 Å². The van der Waals surface area contributed by atoms with Gasteiger partial charge in [0.25, 0.3) is 0 Å². The van der Waals surface area contributed by atoms with Crippen molar-refractivity contribution < 1.29 is 9.59 Å². The summed E-state index contributed by atoms with van der Waals surface area (Å²) < 4.78 is 0. The van der Waals surface area contributed by atoms with Crippen LogP contribution in [0.25, 0.3) is 0 Å². The van der Waals surface area contributed by atoms with Crippen molar-refractivity contribution in [3.05, 3.63) is 23.8 Å². The Morgan fingerprint density at radius 1 is 1.05 bits per heavy atom. The molecule has 0 aromatic carbocycles. The zero-order valence-electron chi connectivity index (χ0n) is 12.0. The van der Waals surface area contributed by atoms with E-state index in [1.165, 1.54) is 24.1 Å². The Balaban J connectivity index is 2.12. The molecular weight excluding hydrogens is 236 g/mol. The third-order valence-electron chi connectivity index (χ3n) is 5.59. The molecule has 0 heterocycles. The lowest BCUT2D eigenvalue weighted by Crippen LogP contribution is -2.50. The molecule has 3 aliphatic rings. The van der Waals surface area contributed by atoms with Gasteiger partial charge in [0, 0.05) is 11.8 Å². The number of allylic oxidation sites excluding steroid dienone is 4. The molecule has 0 N–H and O–H groups in total. The van der Waals surface area contributed by atoms with Gasteiger partial charge in [0.15, 0.2) is 11.6 Å². The Hall–Kier alpha value is -1.18. The van der Waals surface area contributed by atoms with E-state index >= 15 is 0 Å². The van der Waals surface area contributed by atoms with Gasteiger partial charge in [-0.1, -0.05) is 38.8 Å². The summed E-state index contributed by atoms with van der Waals surface area (Å²) in [6.45, 7) is 6.77. The second-order valence-corrected chi connectivity index (χ2v) is 7.23. The van der Waals surface area contributed by atoms with Crippen LogP contribution in [0.2, 0.25) is 0 Å². The highest BCUT2D eigenvalue weighted by atomic mass is 16.1. The second-order valence-electron chi connectivity index (χ2n) is 7.23. The second kappa shape index (κ2) is 3.91. The van der Waals surface area contributed by atoms with Crippen LogP contribution in [0.1, 0.15) is 46.5 Å². The van der Waals surface area contributed by atoms with Gasteiger partial charge in [-0.05, 0) is 42.2 Å². The van der Waals surface area contributed by atoms with Crippen molar-refractivity contribution in [2.75, 3.05) is 0 Å². The van der Waals surface area contributed by atoms with Crippen LogP contribution >= 0.6 is 0 Å². The Labute approximate surface area is 115 Å². The van der Waals surface area contributed by atoms with Gasteiger partial charge in [0.2, 0.25) is 0 Å². The minimum Gasteiger partial charge on any atom is -0.295 e. The number of hydrogen-bond acceptors (Lipinski definition) is 2. The van der Waals surface area contributed by atoms with Gasteiger partial charge in [-0.15, -0.1) is 0 Å². The summed E-state index contributed by atoms with van der Waals surface area (Å²) >= 11 is 0. The van der Waals surface area contributed by atoms with E-state index in [4.69, 9.17) is 0 Å². The molecule has 0 aliphatic heterocycles. The van der Waals surface area contributed by atoms with E-state index in [9.17, 15) is 9.59 Å². The standard InChI is InChI=1S/C17H22O2/c1-16(2)9-4-10-17(3)14(16)8-5-11-12(18)6-7-13(19)15(11)17/h6-8,11,15H,4-5,9-10H2,1-3H3/t11-,15-,17-/m0/s1. The molecule has 1 fully saturated rings. The van der Waals surface area contributed by atoms with Crippen molar-refractivity contribution in [3.8, 4) is 0 Å². The van der Waals surface area contributed by atoms with Crippen molar-refractivity contribution in [1.29, 1.82) is 0 Å². The molecule has 1 saturated carbocycles. The lowest BCUT2D eigenvalue weighted by molar-refractivity contribution is -0.134. The molecule has 102 valence electrons. The molecule has 0 aromatic rings. The molecule has 3 atom stereocenters. The molecule has 0 spiro atoms. The normalized spacial score (nSPS) is 40.5. The fourth-order valence-electron chi connectivity index (χ4n) is 4.78. The summed E-state index contributed by atoms with van der Waals surface area (Å²) in [5, 5.41) is 0. The van der Waals surface area contributed by atoms with E-state index in [-0.39, 0.29) is 34.2 Å². The first-order valence-corrected chi connectivity index (χ1v) is 7.33. The van der Waals surface area contributed by atoms with Gasteiger partial charge in [0.1, 0.15) is 0 Å². The maximum atomic E-state index is 12.4. The first-order chi connectivity index (χ1) is 8.86. The number of carbonyl (C=O) groups is 2. The molecule has 2 heteroatoms. The lowest BCUT2D eigenvalue weighted by atomic mass is 9.49. The number of ketones is 2. The van der Waals surface area contributed by atoms with E-state index in [2.05, 4.69) is 26.8 Å². The zero-order chi connectivity index (χ0) is 13.8. The van der Waals surface area contributed by atoms with Crippen LogP contribution in [-0.2, 0) is 9.59 Å². The third-order valence-corrected chi connectivity index (χ3v) is 5.59. The van der Waals surface area contributed by atoms with Gasteiger partial charge >= 0.3 is 0 Å². The Morgan fingerprint density at radius 2 is 1.74 bits per heavy atom. The number of hydrogen-bond donors (Lipinski definition) is 0. The predicted octanol–water partition coefficient (Wildman–Crippen LogP) is 3.47. The predicted molar refractivity (Wildman–Crippen MR) is 74.6 cm³/mol. The van der Waals surface area contributed by atoms with Crippen molar-refractivity contribution in [2.24, 2.45) is 22.7 Å². The fraction of sp³-hybridized carbons (Fsp3) is 0.647. The summed E-state index contributed by atoms with van der Waals surface area (Å²) in [6, 6.07) is 0. The smallest absolute Gasteiger partial charge is 0.160 e. The maximum absolute atomic E-state index is 12.4. The van der Waals surface area contributed by atoms with E-state index in [1.54, 1.807) is 0 Å². The molecular formula is C17H22O2. The topological polar surface area (TPSA) is 34.1 Å². The Bertz CT molecular complexity index is 509. The summed E-state index contributed by atoms with van der Waals surface area (Å²) in [5.74, 6) is 0.0737. The van der Waals surface area contributed by atoms with E-state index in [0.29, 0.717) is 0 Å². The van der Waals surface area contributed by atoms with Gasteiger partial charge in [0.05, 0.1) is 0 Å². The average Bonchev–Trinajstić information content (AvgIpc) is 2.32. The first-order valence-electron chi connectivity index (χ1n) is 7.33. The van der Waals surface area contributed by atoms with E-state index in [0.717, 1.165) is 19.3 Å². The molecule has 19 heavy (non-hydrogen) atoms. The van der Waals surface area contributed by atoms with Crippen LogP contribution < -0.4 is 0 Å². The van der Waals surface area contributed by atoms with Crippen molar-refractivity contribution in [3.63, 3.8) is 0 Å². The van der Waals surface area contributed by atoms with Gasteiger partial charge in [-0.25, -0.2) is 0 Å². The SMILES string of the molecule is CC1(C)CCC[C@@]2(C)C1=CC[C@H]1C(=O)C=CC(=O)[C@H]12. The van der Waals surface area contributed by atoms with Crippen LogP contribution in [0.5, 0.6) is 0 Å². The van der Waals surface area contributed by atoms with Crippen LogP contribution in [-0.4, -0.2) is 11.6 Å². The summed E-state index contributed by atoms with van der Waals surface area (Å²) in [5.41, 5.74) is 1.48. The molecule has 3 aliphatic carbocycles. The summed E-state index contributed by atoms with van der Waals surface area (Å²) in [4.78, 5) is 24.5. The van der Waals surface area contributed by atoms with Crippen molar-refractivity contribution >= 4 is 11.6 Å². The molecule has 3 rings (SSSR count). The molecule has 0 amide bonds. The van der Waals surface area contributed by atoms with Crippen LogP contribution in [0, 0.1) is 22.7 Å². The number of fused-ring (bicyclic) bond motifs is 3. The highest BCUT2D eigenvalue weighted by Crippen LogP contribution is 2.59. The quantitative estimate of drug-likeness (QED) is 0.623. The highest BCUT2D eigenvalue weighted by molar-refractivity contribution is 6.08. The molecule has 0 bridgehead atoms. The lowest BCUT2D eigenvalue weighted by Gasteiger charge is -2.54. The zero-order valence-corrected chi connectivity index (χ0v) is 12.0. The first kappa shape index (κ1) is 12.8. The molecule has 0 saturated heterocycles. The summed E-state index contributed by atoms with van der Waals surface area (Å²) in [7, 11) is 0.